The molecule has 0 atom stereocenters. The van der Waals surface area contributed by atoms with Gasteiger partial charge in [-0.15, -0.1) is 0 Å². The summed E-state index contributed by atoms with van der Waals surface area (Å²) in [6.45, 7) is 2.67. The number of aromatic nitrogens is 1. The van der Waals surface area contributed by atoms with Gasteiger partial charge in [-0.2, -0.15) is 0 Å². The zero-order chi connectivity index (χ0) is 12.8. The van der Waals surface area contributed by atoms with Gasteiger partial charge >= 0.3 is 0 Å². The van der Waals surface area contributed by atoms with E-state index in [2.05, 4.69) is 42.2 Å². The normalized spacial score (nSPS) is 12.7. The lowest BCUT2D eigenvalue weighted by Gasteiger charge is -2.23. The van der Waals surface area contributed by atoms with Crippen molar-refractivity contribution in [3.63, 3.8) is 0 Å². The van der Waals surface area contributed by atoms with Gasteiger partial charge in [-0.1, -0.05) is 36.4 Å². The molecule has 0 radical (unpaired) electrons. The molecule has 19 heavy (non-hydrogen) atoms. The second-order valence-electron chi connectivity index (χ2n) is 4.85. The van der Waals surface area contributed by atoms with Crippen LogP contribution in [0.1, 0.15) is 11.3 Å². The maximum Gasteiger partial charge on any atom is 0.127 e. The van der Waals surface area contributed by atoms with Gasteiger partial charge in [0.25, 0.3) is 0 Å². The first-order chi connectivity index (χ1) is 9.34. The van der Waals surface area contributed by atoms with Gasteiger partial charge < -0.3 is 4.74 Å². The van der Waals surface area contributed by atoms with E-state index in [1.54, 1.807) is 0 Å². The van der Waals surface area contributed by atoms with E-state index in [0.29, 0.717) is 6.61 Å². The lowest BCUT2D eigenvalue weighted by molar-refractivity contribution is 0.301. The minimum atomic E-state index is 0.607. The van der Waals surface area contributed by atoms with E-state index >= 15 is 0 Å². The van der Waals surface area contributed by atoms with Gasteiger partial charge in [0.2, 0.25) is 0 Å². The van der Waals surface area contributed by atoms with Gasteiger partial charge in [0.15, 0.2) is 0 Å². The van der Waals surface area contributed by atoms with E-state index in [4.69, 9.17) is 4.74 Å². The summed E-state index contributed by atoms with van der Waals surface area (Å²) >= 11 is 0. The molecule has 1 aliphatic heterocycles. The smallest absolute Gasteiger partial charge is 0.127 e. The molecule has 2 nitrogen and oxygen atoms in total. The lowest BCUT2D eigenvalue weighted by Crippen LogP contribution is -2.09. The number of hydrogen-bond acceptors (Lipinski definition) is 2. The Morgan fingerprint density at radius 3 is 2.74 bits per heavy atom. The first kappa shape index (κ1) is 10.6. The zero-order valence-electron chi connectivity index (χ0n) is 10.7. The highest BCUT2D eigenvalue weighted by Crippen LogP contribution is 2.41. The van der Waals surface area contributed by atoms with Crippen LogP contribution in [-0.4, -0.2) is 4.98 Å². The van der Waals surface area contributed by atoms with Crippen molar-refractivity contribution in [2.45, 2.75) is 13.5 Å². The van der Waals surface area contributed by atoms with Crippen LogP contribution in [-0.2, 0) is 6.61 Å². The van der Waals surface area contributed by atoms with Crippen molar-refractivity contribution in [1.29, 1.82) is 0 Å². The molecule has 4 rings (SSSR count). The Morgan fingerprint density at radius 2 is 1.79 bits per heavy atom. The van der Waals surface area contributed by atoms with Crippen LogP contribution >= 0.6 is 0 Å². The van der Waals surface area contributed by atoms with Gasteiger partial charge in [-0.3, -0.25) is 4.98 Å². The van der Waals surface area contributed by atoms with Crippen molar-refractivity contribution in [3.05, 3.63) is 59.8 Å². The van der Waals surface area contributed by atoms with E-state index < -0.39 is 0 Å². The van der Waals surface area contributed by atoms with Crippen molar-refractivity contribution in [2.75, 3.05) is 0 Å². The Labute approximate surface area is 111 Å². The largest absolute Gasteiger partial charge is 0.488 e. The molecule has 92 valence electrons. The number of benzene rings is 2. The number of rotatable bonds is 0. The van der Waals surface area contributed by atoms with E-state index in [1.165, 1.54) is 22.1 Å². The topological polar surface area (TPSA) is 22.1 Å². The molecule has 2 heterocycles. The van der Waals surface area contributed by atoms with E-state index in [0.717, 1.165) is 17.0 Å². The molecule has 0 amide bonds. The van der Waals surface area contributed by atoms with Crippen molar-refractivity contribution >= 4 is 10.9 Å². The van der Waals surface area contributed by atoms with E-state index in [9.17, 15) is 0 Å². The third-order valence-corrected chi connectivity index (χ3v) is 3.73. The molecule has 3 aromatic rings. The molecule has 1 aromatic heterocycles. The van der Waals surface area contributed by atoms with Crippen LogP contribution in [0.4, 0.5) is 0 Å². The minimum absolute atomic E-state index is 0.607. The van der Waals surface area contributed by atoms with Gasteiger partial charge in [0.1, 0.15) is 12.4 Å². The van der Waals surface area contributed by atoms with Gasteiger partial charge in [-0.25, -0.2) is 0 Å². The van der Waals surface area contributed by atoms with Crippen LogP contribution in [0.5, 0.6) is 5.75 Å². The standard InChI is InChI=1S/C17H13NO/c1-11-14-10-19-16-9-5-3-7-13(16)17(14)12-6-2-4-8-15(12)18-11/h2-9H,10H2,1H3. The predicted molar refractivity (Wildman–Crippen MR) is 76.2 cm³/mol. The molecular formula is C17H13NO. The summed E-state index contributed by atoms with van der Waals surface area (Å²) in [5, 5.41) is 1.21. The van der Waals surface area contributed by atoms with Crippen LogP contribution in [0.15, 0.2) is 48.5 Å². The fraction of sp³-hybridized carbons (Fsp3) is 0.118. The Kier molecular flexibility index (Phi) is 2.12. The average Bonchev–Trinajstić information content (AvgIpc) is 2.47. The molecule has 0 spiro atoms. The molecule has 0 N–H and O–H groups in total. The van der Waals surface area contributed by atoms with Crippen LogP contribution in [0.3, 0.4) is 0 Å². The first-order valence-electron chi connectivity index (χ1n) is 6.45. The fourth-order valence-corrected chi connectivity index (χ4v) is 2.81. The average molecular weight is 247 g/mol. The Hall–Kier alpha value is -2.35. The summed E-state index contributed by atoms with van der Waals surface area (Å²) in [7, 11) is 0. The molecule has 0 fully saturated rings. The SMILES string of the molecule is Cc1nc2ccccc2c2c1COc1ccccc1-2. The summed E-state index contributed by atoms with van der Waals surface area (Å²) in [5.41, 5.74) is 5.77. The summed E-state index contributed by atoms with van der Waals surface area (Å²) in [4.78, 5) is 4.68. The summed E-state index contributed by atoms with van der Waals surface area (Å²) in [6.07, 6.45) is 0. The van der Waals surface area contributed by atoms with Crippen molar-refractivity contribution in [1.82, 2.24) is 4.98 Å². The first-order valence-corrected chi connectivity index (χ1v) is 6.45. The Bertz CT molecular complexity index is 792. The van der Waals surface area contributed by atoms with Crippen LogP contribution in [0.2, 0.25) is 0 Å². The molecule has 0 saturated carbocycles. The van der Waals surface area contributed by atoms with Gasteiger partial charge in [-0.05, 0) is 19.1 Å². The van der Waals surface area contributed by atoms with Crippen LogP contribution in [0, 0.1) is 6.92 Å². The summed E-state index contributed by atoms with van der Waals surface area (Å²) < 4.78 is 5.84. The molecule has 2 heteroatoms. The number of fused-ring (bicyclic) bond motifs is 5. The number of nitrogens with zero attached hydrogens (tertiary/aromatic N) is 1. The van der Waals surface area contributed by atoms with Gasteiger partial charge in [0, 0.05) is 27.8 Å². The van der Waals surface area contributed by atoms with Crippen molar-refractivity contribution in [2.24, 2.45) is 0 Å². The van der Waals surface area contributed by atoms with E-state index in [1.807, 2.05) is 18.2 Å². The molecule has 0 saturated heterocycles. The molecule has 0 aliphatic carbocycles. The number of aryl methyl sites for hydroxylation is 1. The Balaban J connectivity index is 2.19. The molecule has 0 unspecified atom stereocenters. The van der Waals surface area contributed by atoms with Crippen LogP contribution in [0.25, 0.3) is 22.0 Å². The monoisotopic (exact) mass is 247 g/mol. The third kappa shape index (κ3) is 1.46. The number of pyridine rings is 1. The second kappa shape index (κ2) is 3.82. The Morgan fingerprint density at radius 1 is 1.00 bits per heavy atom. The lowest BCUT2D eigenvalue weighted by atomic mass is 9.92. The molecule has 2 aromatic carbocycles. The highest BCUT2D eigenvalue weighted by molar-refractivity contribution is 5.98. The third-order valence-electron chi connectivity index (χ3n) is 3.73. The fourth-order valence-electron chi connectivity index (χ4n) is 2.81. The highest BCUT2D eigenvalue weighted by Gasteiger charge is 2.21. The van der Waals surface area contributed by atoms with Crippen molar-refractivity contribution in [3.8, 4) is 16.9 Å². The summed E-state index contributed by atoms with van der Waals surface area (Å²) in [6, 6.07) is 16.5. The predicted octanol–water partition coefficient (Wildman–Crippen LogP) is 4.10. The van der Waals surface area contributed by atoms with E-state index in [-0.39, 0.29) is 0 Å². The maximum absolute atomic E-state index is 5.84. The van der Waals surface area contributed by atoms with Crippen molar-refractivity contribution < 1.29 is 4.74 Å². The summed E-state index contributed by atoms with van der Waals surface area (Å²) in [5.74, 6) is 0.964. The number of ether oxygens (including phenoxy) is 1. The molecule has 0 bridgehead atoms. The van der Waals surface area contributed by atoms with Crippen LogP contribution < -0.4 is 4.74 Å². The minimum Gasteiger partial charge on any atom is -0.488 e. The number of hydrogen-bond donors (Lipinski definition) is 0. The molecular weight excluding hydrogens is 234 g/mol. The van der Waals surface area contributed by atoms with Gasteiger partial charge in [0.05, 0.1) is 5.52 Å². The number of para-hydroxylation sites is 2. The molecule has 1 aliphatic rings. The quantitative estimate of drug-likeness (QED) is 0.596. The zero-order valence-corrected chi connectivity index (χ0v) is 10.7. The highest BCUT2D eigenvalue weighted by atomic mass is 16.5. The second-order valence-corrected chi connectivity index (χ2v) is 4.85. The maximum atomic E-state index is 5.84.